The van der Waals surface area contributed by atoms with Crippen molar-refractivity contribution in [2.75, 3.05) is 7.11 Å². The van der Waals surface area contributed by atoms with Crippen LogP contribution < -0.4 is 0 Å². The molecule has 8 heteroatoms. The lowest BCUT2D eigenvalue weighted by Gasteiger charge is -1.98. The maximum atomic E-state index is 11.3. The summed E-state index contributed by atoms with van der Waals surface area (Å²) in [5.41, 5.74) is 0.232. The monoisotopic (exact) mass is 236 g/mol. The molecule has 0 saturated carbocycles. The number of benzene rings is 1. The molecule has 0 aliphatic rings. The third-order valence-corrected chi connectivity index (χ3v) is 2.18. The van der Waals surface area contributed by atoms with E-state index in [0.717, 1.165) is 6.07 Å². The maximum Gasteiger partial charge on any atom is 0.338 e. The number of non-ortho nitro benzene ring substituents is 1. The fourth-order valence-electron chi connectivity index (χ4n) is 1.48. The zero-order valence-corrected chi connectivity index (χ0v) is 9.08. The van der Waals surface area contributed by atoms with Gasteiger partial charge in [-0.15, -0.1) is 5.10 Å². The molecule has 0 spiro atoms. The Balaban J connectivity index is 2.75. The molecular formula is C9H8N4O4. The Morgan fingerprint density at radius 3 is 2.76 bits per heavy atom. The second kappa shape index (κ2) is 3.81. The Hall–Kier alpha value is -2.51. The number of nitrogens with zero attached hydrogens (tertiary/aromatic N) is 4. The molecule has 0 saturated heterocycles. The third kappa shape index (κ3) is 1.80. The number of methoxy groups -OCH3 is 1. The van der Waals surface area contributed by atoms with Crippen molar-refractivity contribution >= 4 is 22.7 Å². The molecule has 0 bridgehead atoms. The largest absolute Gasteiger partial charge is 0.465 e. The van der Waals surface area contributed by atoms with E-state index in [9.17, 15) is 14.9 Å². The van der Waals surface area contributed by atoms with Crippen LogP contribution in [0, 0.1) is 10.1 Å². The van der Waals surface area contributed by atoms with Crippen molar-refractivity contribution in [3.05, 3.63) is 27.8 Å². The molecule has 0 atom stereocenters. The van der Waals surface area contributed by atoms with Crippen LogP contribution in [0.1, 0.15) is 10.4 Å². The average molecular weight is 236 g/mol. The summed E-state index contributed by atoms with van der Waals surface area (Å²) in [5, 5.41) is 18.7. The van der Waals surface area contributed by atoms with E-state index in [1.165, 1.54) is 18.0 Å². The van der Waals surface area contributed by atoms with Crippen LogP contribution in [0.5, 0.6) is 0 Å². The first-order valence-electron chi connectivity index (χ1n) is 4.60. The number of carbonyl (C=O) groups is 1. The Morgan fingerprint density at radius 2 is 2.18 bits per heavy atom. The van der Waals surface area contributed by atoms with Crippen molar-refractivity contribution in [3.63, 3.8) is 0 Å². The SMILES string of the molecule is COC(=O)c1cc([N+](=O)[O-])c2nn(C)nc2c1. The smallest absolute Gasteiger partial charge is 0.338 e. The molecular weight excluding hydrogens is 228 g/mol. The lowest BCUT2D eigenvalue weighted by atomic mass is 10.1. The van der Waals surface area contributed by atoms with E-state index in [-0.39, 0.29) is 22.3 Å². The van der Waals surface area contributed by atoms with Crippen molar-refractivity contribution in [1.29, 1.82) is 0 Å². The second-order valence-electron chi connectivity index (χ2n) is 3.30. The predicted molar refractivity (Wildman–Crippen MR) is 56.5 cm³/mol. The molecule has 8 nitrogen and oxygen atoms in total. The molecule has 0 unspecified atom stereocenters. The van der Waals surface area contributed by atoms with Crippen molar-refractivity contribution < 1.29 is 14.5 Å². The van der Waals surface area contributed by atoms with E-state index in [1.54, 1.807) is 7.05 Å². The van der Waals surface area contributed by atoms with Gasteiger partial charge in [0.05, 0.1) is 17.6 Å². The molecule has 1 heterocycles. The van der Waals surface area contributed by atoms with E-state index < -0.39 is 10.9 Å². The standard InChI is InChI=1S/C9H8N4O4/c1-12-10-6-3-5(9(14)17-2)4-7(13(15)16)8(6)11-12/h3-4H,1-2H3. The molecule has 2 aromatic rings. The molecule has 0 N–H and O–H groups in total. The normalized spacial score (nSPS) is 10.5. The highest BCUT2D eigenvalue weighted by Crippen LogP contribution is 2.24. The van der Waals surface area contributed by atoms with Gasteiger partial charge in [-0.2, -0.15) is 9.90 Å². The average Bonchev–Trinajstić information content (AvgIpc) is 2.66. The topological polar surface area (TPSA) is 100 Å². The first kappa shape index (κ1) is 11.0. The quantitative estimate of drug-likeness (QED) is 0.431. The highest BCUT2D eigenvalue weighted by molar-refractivity contribution is 5.96. The van der Waals surface area contributed by atoms with Gasteiger partial charge in [0.15, 0.2) is 5.52 Å². The van der Waals surface area contributed by atoms with Gasteiger partial charge in [-0.25, -0.2) is 4.79 Å². The van der Waals surface area contributed by atoms with Crippen LogP contribution >= 0.6 is 0 Å². The number of aromatic nitrogens is 3. The number of nitro groups is 1. The molecule has 0 aliphatic heterocycles. The maximum absolute atomic E-state index is 11.3. The number of nitro benzene ring substituents is 1. The van der Waals surface area contributed by atoms with Crippen molar-refractivity contribution in [3.8, 4) is 0 Å². The van der Waals surface area contributed by atoms with Gasteiger partial charge in [0, 0.05) is 13.1 Å². The molecule has 2 rings (SSSR count). The molecule has 1 aromatic carbocycles. The van der Waals surface area contributed by atoms with Gasteiger partial charge in [0.25, 0.3) is 5.69 Å². The summed E-state index contributed by atoms with van der Waals surface area (Å²) in [6, 6.07) is 2.53. The summed E-state index contributed by atoms with van der Waals surface area (Å²) in [5.74, 6) is -0.652. The van der Waals surface area contributed by atoms with E-state index >= 15 is 0 Å². The predicted octanol–water partition coefficient (Wildman–Crippen LogP) is 0.663. The lowest BCUT2D eigenvalue weighted by molar-refractivity contribution is -0.383. The molecule has 17 heavy (non-hydrogen) atoms. The summed E-state index contributed by atoms with van der Waals surface area (Å²) >= 11 is 0. The van der Waals surface area contributed by atoms with Crippen molar-refractivity contribution in [2.24, 2.45) is 7.05 Å². The van der Waals surface area contributed by atoms with Gasteiger partial charge >= 0.3 is 5.97 Å². The number of ether oxygens (including phenoxy) is 1. The molecule has 0 amide bonds. The fourth-order valence-corrected chi connectivity index (χ4v) is 1.48. The minimum absolute atomic E-state index is 0.0761. The summed E-state index contributed by atoms with van der Waals surface area (Å²) in [7, 11) is 2.75. The lowest BCUT2D eigenvalue weighted by Crippen LogP contribution is -2.02. The third-order valence-electron chi connectivity index (χ3n) is 2.18. The van der Waals surface area contributed by atoms with Gasteiger partial charge in [0.1, 0.15) is 5.52 Å². The summed E-state index contributed by atoms with van der Waals surface area (Å²) < 4.78 is 4.51. The van der Waals surface area contributed by atoms with E-state index in [4.69, 9.17) is 0 Å². The van der Waals surface area contributed by atoms with Gasteiger partial charge in [-0.05, 0) is 6.07 Å². The first-order chi connectivity index (χ1) is 8.02. The van der Waals surface area contributed by atoms with Crippen molar-refractivity contribution in [1.82, 2.24) is 15.0 Å². The van der Waals surface area contributed by atoms with Crippen LogP contribution in [0.15, 0.2) is 12.1 Å². The highest BCUT2D eigenvalue weighted by Gasteiger charge is 2.20. The van der Waals surface area contributed by atoms with Gasteiger partial charge in [0.2, 0.25) is 0 Å². The number of carbonyl (C=O) groups excluding carboxylic acids is 1. The Morgan fingerprint density at radius 1 is 1.47 bits per heavy atom. The van der Waals surface area contributed by atoms with Crippen LogP contribution in [-0.2, 0) is 11.8 Å². The number of aryl methyl sites for hydroxylation is 1. The van der Waals surface area contributed by atoms with E-state index in [0.29, 0.717) is 0 Å². The number of hydrogen-bond donors (Lipinski definition) is 0. The fraction of sp³-hybridized carbons (Fsp3) is 0.222. The zero-order valence-electron chi connectivity index (χ0n) is 9.08. The Labute approximate surface area is 94.9 Å². The summed E-state index contributed by atoms with van der Waals surface area (Å²) in [6.07, 6.45) is 0. The molecule has 0 radical (unpaired) electrons. The van der Waals surface area contributed by atoms with Gasteiger partial charge in [-0.3, -0.25) is 10.1 Å². The number of rotatable bonds is 2. The van der Waals surface area contributed by atoms with Crippen LogP contribution in [0.4, 0.5) is 5.69 Å². The first-order valence-corrected chi connectivity index (χ1v) is 4.60. The van der Waals surface area contributed by atoms with E-state index in [1.807, 2.05) is 0 Å². The van der Waals surface area contributed by atoms with Gasteiger partial charge in [-0.1, -0.05) is 0 Å². The Bertz CT molecular complexity index is 619. The highest BCUT2D eigenvalue weighted by atomic mass is 16.6. The van der Waals surface area contributed by atoms with Crippen LogP contribution in [0.3, 0.4) is 0 Å². The van der Waals surface area contributed by atoms with Crippen molar-refractivity contribution in [2.45, 2.75) is 0 Å². The number of esters is 1. The molecule has 0 aliphatic carbocycles. The Kier molecular flexibility index (Phi) is 2.47. The van der Waals surface area contributed by atoms with Crippen LogP contribution in [-0.4, -0.2) is 33.0 Å². The van der Waals surface area contributed by atoms with E-state index in [2.05, 4.69) is 14.9 Å². The summed E-state index contributed by atoms with van der Waals surface area (Å²) in [6.45, 7) is 0. The number of hydrogen-bond acceptors (Lipinski definition) is 6. The second-order valence-corrected chi connectivity index (χ2v) is 3.30. The minimum atomic E-state index is -0.652. The minimum Gasteiger partial charge on any atom is -0.465 e. The zero-order chi connectivity index (χ0) is 12.6. The number of fused-ring (bicyclic) bond motifs is 1. The molecule has 0 fully saturated rings. The van der Waals surface area contributed by atoms with Crippen LogP contribution in [0.2, 0.25) is 0 Å². The molecule has 1 aromatic heterocycles. The van der Waals surface area contributed by atoms with Crippen LogP contribution in [0.25, 0.3) is 11.0 Å². The van der Waals surface area contributed by atoms with Gasteiger partial charge < -0.3 is 4.74 Å². The summed E-state index contributed by atoms with van der Waals surface area (Å²) in [4.78, 5) is 22.8. The molecule has 88 valence electrons.